The molecule has 0 unspecified atom stereocenters. The van der Waals surface area contributed by atoms with Gasteiger partial charge in [0.2, 0.25) is 23.5 Å². The lowest BCUT2D eigenvalue weighted by molar-refractivity contribution is -0.162. The van der Waals surface area contributed by atoms with Crippen molar-refractivity contribution in [1.82, 2.24) is 9.46 Å². The lowest BCUT2D eigenvalue weighted by atomic mass is 10.0. The van der Waals surface area contributed by atoms with Crippen LogP contribution in [0, 0.1) is 0 Å². The maximum absolute atomic E-state index is 12.2. The van der Waals surface area contributed by atoms with Crippen LogP contribution in [0.1, 0.15) is 66.2 Å². The van der Waals surface area contributed by atoms with Gasteiger partial charge in [0.1, 0.15) is 5.60 Å². The molecule has 0 aliphatic rings. The Labute approximate surface area is 231 Å². The van der Waals surface area contributed by atoms with Crippen molar-refractivity contribution in [3.63, 3.8) is 0 Å². The molecule has 2 aromatic heterocycles. The molecule has 0 atom stereocenters. The van der Waals surface area contributed by atoms with E-state index in [4.69, 9.17) is 23.9 Å². The summed E-state index contributed by atoms with van der Waals surface area (Å²) in [6, 6.07) is 4.68. The fraction of sp³-hybridized carbons (Fsp3) is 0.577. The summed E-state index contributed by atoms with van der Waals surface area (Å²) < 4.78 is 18.1. The molecule has 224 valence electrons. The Morgan fingerprint density at radius 3 is 1.62 bits per heavy atom. The maximum Gasteiger partial charge on any atom is 0.333 e. The van der Waals surface area contributed by atoms with Crippen LogP contribution >= 0.6 is 0 Å². The van der Waals surface area contributed by atoms with E-state index in [1.54, 1.807) is 13.8 Å². The van der Waals surface area contributed by atoms with Crippen molar-refractivity contribution < 1.29 is 58.7 Å². The van der Waals surface area contributed by atoms with E-state index in [9.17, 15) is 34.8 Å². The number of carbonyl (C=O) groups excluding carboxylic acids is 3. The summed E-state index contributed by atoms with van der Waals surface area (Å²) in [5.74, 6) is -3.76. The van der Waals surface area contributed by atoms with Gasteiger partial charge in [0.25, 0.3) is 0 Å². The molecule has 14 heteroatoms. The predicted molar refractivity (Wildman–Crippen MR) is 137 cm³/mol. The Hall–Kier alpha value is -3.91. The number of rotatable bonds is 17. The number of carbonyl (C=O) groups is 3. The quantitative estimate of drug-likeness (QED) is 0.161. The zero-order valence-electron chi connectivity index (χ0n) is 23.1. The number of aromatic hydroxyl groups is 4. The van der Waals surface area contributed by atoms with Crippen LogP contribution in [-0.2, 0) is 28.6 Å². The minimum atomic E-state index is -0.854. The van der Waals surface area contributed by atoms with Crippen molar-refractivity contribution in [3.05, 3.63) is 24.3 Å². The molecule has 2 rings (SSSR count). The first kappa shape index (κ1) is 32.3. The molecule has 0 aliphatic carbocycles. The number of ether oxygens (including phenoxy) is 3. The zero-order valence-corrected chi connectivity index (χ0v) is 23.1. The van der Waals surface area contributed by atoms with E-state index in [2.05, 4.69) is 0 Å². The third-order valence-electron chi connectivity index (χ3n) is 5.62. The van der Waals surface area contributed by atoms with E-state index in [1.807, 2.05) is 13.8 Å². The first-order valence-electron chi connectivity index (χ1n) is 12.7. The maximum atomic E-state index is 12.2. The standard InChI is InChI=1S/C26H38N2O12/c1-25(2,13-16-36-15-5-6-23(34)39-27-18(29)7-8-19(27)30)37-17-14-26(3,4)38-22(33)11-12-24(35)40-28-20(31)9-10-21(28)32/h7-10,29-32H,5-6,11-17H2,1-4H3. The number of hydrogen-bond donors (Lipinski definition) is 4. The molecule has 0 aromatic carbocycles. The second kappa shape index (κ2) is 14.5. The van der Waals surface area contributed by atoms with Crippen LogP contribution in [0.3, 0.4) is 0 Å². The van der Waals surface area contributed by atoms with Crippen molar-refractivity contribution in [1.29, 1.82) is 0 Å². The lowest BCUT2D eigenvalue weighted by Crippen LogP contribution is -2.33. The first-order chi connectivity index (χ1) is 18.7. The van der Waals surface area contributed by atoms with Gasteiger partial charge in [-0.05, 0) is 40.5 Å². The van der Waals surface area contributed by atoms with Gasteiger partial charge in [-0.15, -0.1) is 9.46 Å². The molecule has 0 fully saturated rings. The minimum absolute atomic E-state index is 0.0340. The third kappa shape index (κ3) is 11.1. The average Bonchev–Trinajstić information content (AvgIpc) is 3.34. The summed E-state index contributed by atoms with van der Waals surface area (Å²) in [7, 11) is 0. The van der Waals surface area contributed by atoms with Crippen LogP contribution in [-0.4, -0.2) is 78.8 Å². The van der Waals surface area contributed by atoms with Crippen LogP contribution in [0.25, 0.3) is 0 Å². The van der Waals surface area contributed by atoms with Gasteiger partial charge < -0.3 is 44.3 Å². The molecule has 40 heavy (non-hydrogen) atoms. The Morgan fingerprint density at radius 2 is 1.10 bits per heavy atom. The van der Waals surface area contributed by atoms with Gasteiger partial charge in [-0.3, -0.25) is 4.79 Å². The van der Waals surface area contributed by atoms with Crippen LogP contribution < -0.4 is 9.68 Å². The number of hydrogen-bond acceptors (Lipinski definition) is 12. The molecule has 14 nitrogen and oxygen atoms in total. The second-order valence-corrected chi connectivity index (χ2v) is 10.2. The Morgan fingerprint density at radius 1 is 0.650 bits per heavy atom. The van der Waals surface area contributed by atoms with Crippen LogP contribution in [0.15, 0.2) is 24.3 Å². The highest BCUT2D eigenvalue weighted by molar-refractivity contribution is 5.78. The second-order valence-electron chi connectivity index (χ2n) is 10.2. The summed E-state index contributed by atoms with van der Waals surface area (Å²) in [5.41, 5.74) is -1.38. The van der Waals surface area contributed by atoms with E-state index in [-0.39, 0.29) is 31.0 Å². The van der Waals surface area contributed by atoms with E-state index in [0.29, 0.717) is 48.5 Å². The highest BCUT2D eigenvalue weighted by atomic mass is 16.7. The first-order valence-corrected chi connectivity index (χ1v) is 12.7. The largest absolute Gasteiger partial charge is 0.492 e. The van der Waals surface area contributed by atoms with Gasteiger partial charge in [0.05, 0.1) is 31.5 Å². The molecule has 0 spiro atoms. The molecule has 0 saturated heterocycles. The van der Waals surface area contributed by atoms with Crippen molar-refractivity contribution in [2.45, 2.75) is 77.4 Å². The van der Waals surface area contributed by atoms with Crippen molar-refractivity contribution in [2.75, 3.05) is 19.8 Å². The van der Waals surface area contributed by atoms with Crippen molar-refractivity contribution in [3.8, 4) is 23.5 Å². The monoisotopic (exact) mass is 570 g/mol. The lowest BCUT2D eigenvalue weighted by Gasteiger charge is -2.29. The third-order valence-corrected chi connectivity index (χ3v) is 5.62. The Balaban J connectivity index is 1.57. The van der Waals surface area contributed by atoms with Crippen molar-refractivity contribution in [2.24, 2.45) is 0 Å². The Bertz CT molecular complexity index is 1100. The van der Waals surface area contributed by atoms with E-state index in [0.717, 1.165) is 12.1 Å². The molecule has 0 amide bonds. The van der Waals surface area contributed by atoms with Crippen molar-refractivity contribution >= 4 is 17.9 Å². The van der Waals surface area contributed by atoms with Gasteiger partial charge in [-0.25, -0.2) is 9.59 Å². The van der Waals surface area contributed by atoms with Gasteiger partial charge in [-0.1, -0.05) is 0 Å². The molecular weight excluding hydrogens is 532 g/mol. The van der Waals surface area contributed by atoms with Gasteiger partial charge in [0.15, 0.2) is 0 Å². The summed E-state index contributed by atoms with van der Waals surface area (Å²) in [5, 5.41) is 37.9. The smallest absolute Gasteiger partial charge is 0.333 e. The molecule has 2 heterocycles. The average molecular weight is 571 g/mol. The zero-order chi connectivity index (χ0) is 29.9. The number of aromatic nitrogens is 2. The Kier molecular flexibility index (Phi) is 11.7. The normalized spacial score (nSPS) is 11.8. The number of esters is 1. The molecule has 0 saturated carbocycles. The SMILES string of the molecule is CC(C)(CCOCCCC(=O)On1c(O)ccc1O)OCCC(C)(C)OC(=O)CCC(=O)On1c(O)ccc1O. The highest BCUT2D eigenvalue weighted by Gasteiger charge is 2.26. The molecule has 2 aromatic rings. The predicted octanol–water partition coefficient (Wildman–Crippen LogP) is 2.20. The summed E-state index contributed by atoms with van der Waals surface area (Å²) >= 11 is 0. The van der Waals surface area contributed by atoms with Gasteiger partial charge in [0, 0.05) is 43.9 Å². The van der Waals surface area contributed by atoms with Crippen LogP contribution in [0.4, 0.5) is 0 Å². The van der Waals surface area contributed by atoms with E-state index >= 15 is 0 Å². The van der Waals surface area contributed by atoms with Gasteiger partial charge >= 0.3 is 17.9 Å². The summed E-state index contributed by atoms with van der Waals surface area (Å²) in [6.45, 7) is 8.23. The molecule has 0 bridgehead atoms. The molecule has 0 radical (unpaired) electrons. The fourth-order valence-corrected chi connectivity index (χ4v) is 3.28. The fourth-order valence-electron chi connectivity index (χ4n) is 3.28. The van der Waals surface area contributed by atoms with E-state index < -0.39 is 40.9 Å². The molecule has 4 N–H and O–H groups in total. The van der Waals surface area contributed by atoms with E-state index in [1.165, 1.54) is 12.1 Å². The van der Waals surface area contributed by atoms with Crippen LogP contribution in [0.5, 0.6) is 23.5 Å². The van der Waals surface area contributed by atoms with Crippen LogP contribution in [0.2, 0.25) is 0 Å². The minimum Gasteiger partial charge on any atom is -0.492 e. The number of nitrogens with zero attached hydrogens (tertiary/aromatic N) is 2. The van der Waals surface area contributed by atoms with Gasteiger partial charge in [-0.2, -0.15) is 0 Å². The topological polar surface area (TPSA) is 188 Å². The molecule has 0 aliphatic heterocycles. The highest BCUT2D eigenvalue weighted by Crippen LogP contribution is 2.22. The summed E-state index contributed by atoms with van der Waals surface area (Å²) in [4.78, 5) is 45.5. The summed E-state index contributed by atoms with van der Waals surface area (Å²) in [6.07, 6.45) is 0.828. The molecular formula is C26H38N2O12.